The zero-order chi connectivity index (χ0) is 18.4. The van der Waals surface area contributed by atoms with E-state index in [9.17, 15) is 4.79 Å². The largest absolute Gasteiger partial charge is 0.480 e. The smallest absolute Gasteiger partial charge is 0.235 e. The van der Waals surface area contributed by atoms with E-state index in [1.807, 2.05) is 4.90 Å². The topological polar surface area (TPSA) is 64.6 Å². The summed E-state index contributed by atoms with van der Waals surface area (Å²) in [6.07, 6.45) is 12.9. The van der Waals surface area contributed by atoms with Crippen LogP contribution in [0.1, 0.15) is 51.4 Å². The first-order chi connectivity index (χ1) is 13.1. The Hall–Kier alpha value is -1.85. The molecule has 5 aliphatic rings. The van der Waals surface area contributed by atoms with E-state index in [1.165, 1.54) is 38.5 Å². The van der Waals surface area contributed by atoms with E-state index in [0.717, 1.165) is 37.1 Å². The molecule has 6 nitrogen and oxygen atoms in total. The Morgan fingerprint density at radius 3 is 2.48 bits per heavy atom. The molecule has 5 fully saturated rings. The molecule has 6 rings (SSSR count). The summed E-state index contributed by atoms with van der Waals surface area (Å²) in [7, 11) is 1.56. The first-order valence-electron chi connectivity index (χ1n) is 10.4. The number of methoxy groups -OCH3 is 1. The molecule has 6 heteroatoms. The van der Waals surface area contributed by atoms with Gasteiger partial charge in [0.15, 0.2) is 0 Å². The van der Waals surface area contributed by atoms with Crippen molar-refractivity contribution in [2.75, 3.05) is 20.2 Å². The molecule has 0 radical (unpaired) electrons. The van der Waals surface area contributed by atoms with Crippen molar-refractivity contribution in [1.82, 2.24) is 14.9 Å². The third-order valence-corrected chi connectivity index (χ3v) is 7.28. The van der Waals surface area contributed by atoms with Crippen molar-refractivity contribution in [3.8, 4) is 11.8 Å². The van der Waals surface area contributed by atoms with Crippen molar-refractivity contribution in [2.45, 2.75) is 57.5 Å². The fraction of sp³-hybridized carbons (Fsp3) is 0.762. The Morgan fingerprint density at radius 2 is 1.81 bits per heavy atom. The number of rotatable bonds is 5. The molecule has 1 amide bonds. The van der Waals surface area contributed by atoms with Crippen molar-refractivity contribution >= 4 is 5.91 Å². The van der Waals surface area contributed by atoms with Crippen LogP contribution in [0.2, 0.25) is 0 Å². The van der Waals surface area contributed by atoms with Crippen molar-refractivity contribution in [2.24, 2.45) is 23.2 Å². The number of aromatic nitrogens is 2. The number of nitrogens with zero attached hydrogens (tertiary/aromatic N) is 3. The summed E-state index contributed by atoms with van der Waals surface area (Å²) in [4.78, 5) is 23.4. The fourth-order valence-electron chi connectivity index (χ4n) is 6.65. The van der Waals surface area contributed by atoms with Crippen molar-refractivity contribution in [3.05, 3.63) is 12.4 Å². The molecule has 146 valence electrons. The predicted octanol–water partition coefficient (Wildman–Crippen LogP) is 3.07. The lowest BCUT2D eigenvalue weighted by Crippen LogP contribution is -2.48. The van der Waals surface area contributed by atoms with Gasteiger partial charge in [-0.25, -0.2) is 0 Å². The molecule has 27 heavy (non-hydrogen) atoms. The Kier molecular flexibility index (Phi) is 4.25. The van der Waals surface area contributed by atoms with Crippen LogP contribution in [0.4, 0.5) is 0 Å². The average molecular weight is 371 g/mol. The fourth-order valence-corrected chi connectivity index (χ4v) is 6.65. The number of hydrogen-bond acceptors (Lipinski definition) is 5. The van der Waals surface area contributed by atoms with Crippen molar-refractivity contribution < 1.29 is 14.3 Å². The monoisotopic (exact) mass is 371 g/mol. The zero-order valence-corrected chi connectivity index (χ0v) is 16.1. The first-order valence-corrected chi connectivity index (χ1v) is 10.4. The minimum Gasteiger partial charge on any atom is -0.480 e. The summed E-state index contributed by atoms with van der Waals surface area (Å²) in [5, 5.41) is 0. The summed E-state index contributed by atoms with van der Waals surface area (Å²) < 4.78 is 11.0. The molecule has 0 aromatic carbocycles. The van der Waals surface area contributed by atoms with Crippen LogP contribution in [0.15, 0.2) is 12.4 Å². The minimum atomic E-state index is -0.00767. The Balaban J connectivity index is 1.18. The molecule has 1 saturated heterocycles. The van der Waals surface area contributed by atoms with Gasteiger partial charge in [0, 0.05) is 19.4 Å². The lowest BCUT2D eigenvalue weighted by atomic mass is 9.49. The molecular weight excluding hydrogens is 342 g/mol. The molecule has 4 aliphatic carbocycles. The first kappa shape index (κ1) is 17.3. The highest BCUT2D eigenvalue weighted by molar-refractivity contribution is 5.77. The summed E-state index contributed by atoms with van der Waals surface area (Å²) in [6.45, 7) is 1.44. The number of amides is 1. The maximum atomic E-state index is 13.1. The summed E-state index contributed by atoms with van der Waals surface area (Å²) in [5.41, 5.74) is 0.309. The van der Waals surface area contributed by atoms with Crippen LogP contribution < -0.4 is 9.47 Å². The van der Waals surface area contributed by atoms with Crippen LogP contribution >= 0.6 is 0 Å². The molecule has 1 atom stereocenters. The highest BCUT2D eigenvalue weighted by Crippen LogP contribution is 2.61. The molecular formula is C21H29N3O3. The molecule has 2 heterocycles. The molecule has 4 saturated carbocycles. The number of likely N-dealkylation sites (tertiary alicyclic amines) is 1. The van der Waals surface area contributed by atoms with Gasteiger partial charge in [-0.1, -0.05) is 0 Å². The second kappa shape index (κ2) is 6.64. The van der Waals surface area contributed by atoms with Crippen LogP contribution in [0.5, 0.6) is 11.8 Å². The van der Waals surface area contributed by atoms with Crippen LogP contribution in [-0.4, -0.2) is 47.1 Å². The van der Waals surface area contributed by atoms with Crippen LogP contribution in [0.25, 0.3) is 0 Å². The predicted molar refractivity (Wildman–Crippen MR) is 99.4 cm³/mol. The van der Waals surface area contributed by atoms with E-state index in [-0.39, 0.29) is 6.10 Å². The number of ether oxygens (including phenoxy) is 2. The third kappa shape index (κ3) is 3.39. The van der Waals surface area contributed by atoms with Gasteiger partial charge in [-0.3, -0.25) is 9.78 Å². The van der Waals surface area contributed by atoms with Gasteiger partial charge in [0.25, 0.3) is 0 Å². The standard InChI is InChI=1S/C21H29N3O3/c1-26-18-11-22-12-19(23-18)27-17-2-3-24(13-17)20(25)10-21-7-14-4-15(8-21)6-16(5-14)9-21/h11-12,14-17H,2-10,13H2,1H3. The lowest BCUT2D eigenvalue weighted by molar-refractivity contribution is -0.138. The van der Waals surface area contributed by atoms with E-state index >= 15 is 0 Å². The molecule has 0 spiro atoms. The number of carbonyl (C=O) groups excluding carboxylic acids is 1. The van der Waals surface area contributed by atoms with Gasteiger partial charge in [-0.2, -0.15) is 4.98 Å². The highest BCUT2D eigenvalue weighted by atomic mass is 16.5. The second-order valence-corrected chi connectivity index (χ2v) is 9.36. The molecule has 0 N–H and O–H groups in total. The maximum Gasteiger partial charge on any atom is 0.235 e. The van der Waals surface area contributed by atoms with Crippen molar-refractivity contribution in [1.29, 1.82) is 0 Å². The molecule has 1 aromatic heterocycles. The summed E-state index contributed by atoms with van der Waals surface area (Å²) in [5.74, 6) is 3.93. The van der Waals surface area contributed by atoms with Gasteiger partial charge in [0.1, 0.15) is 6.10 Å². The molecule has 1 aliphatic heterocycles. The Morgan fingerprint density at radius 1 is 1.15 bits per heavy atom. The summed E-state index contributed by atoms with van der Waals surface area (Å²) in [6, 6.07) is 0. The maximum absolute atomic E-state index is 13.1. The van der Waals surface area contributed by atoms with Gasteiger partial charge in [-0.05, 0) is 61.7 Å². The Bertz CT molecular complexity index is 687. The van der Waals surface area contributed by atoms with Crippen LogP contribution in [0.3, 0.4) is 0 Å². The molecule has 1 unspecified atom stereocenters. The van der Waals surface area contributed by atoms with Crippen LogP contribution in [-0.2, 0) is 4.79 Å². The van der Waals surface area contributed by atoms with E-state index in [0.29, 0.717) is 29.6 Å². The van der Waals surface area contributed by atoms with Gasteiger partial charge >= 0.3 is 0 Å². The van der Waals surface area contributed by atoms with E-state index < -0.39 is 0 Å². The Labute approximate surface area is 160 Å². The summed E-state index contributed by atoms with van der Waals surface area (Å²) >= 11 is 0. The average Bonchev–Trinajstić information content (AvgIpc) is 3.09. The van der Waals surface area contributed by atoms with E-state index in [2.05, 4.69) is 9.97 Å². The minimum absolute atomic E-state index is 0.00767. The van der Waals surface area contributed by atoms with Gasteiger partial charge in [0.2, 0.25) is 17.7 Å². The van der Waals surface area contributed by atoms with Crippen molar-refractivity contribution in [3.63, 3.8) is 0 Å². The quantitative estimate of drug-likeness (QED) is 0.796. The second-order valence-electron chi connectivity index (χ2n) is 9.36. The van der Waals surface area contributed by atoms with Gasteiger partial charge in [-0.15, -0.1) is 0 Å². The molecule has 1 aromatic rings. The zero-order valence-electron chi connectivity index (χ0n) is 16.1. The van der Waals surface area contributed by atoms with Gasteiger partial charge in [0.05, 0.1) is 26.0 Å². The van der Waals surface area contributed by atoms with Gasteiger partial charge < -0.3 is 14.4 Å². The number of hydrogen-bond donors (Lipinski definition) is 0. The van der Waals surface area contributed by atoms with E-state index in [4.69, 9.17) is 9.47 Å². The third-order valence-electron chi connectivity index (χ3n) is 7.28. The normalized spacial score (nSPS) is 36.9. The molecule has 4 bridgehead atoms. The van der Waals surface area contributed by atoms with E-state index in [1.54, 1.807) is 19.5 Å². The highest BCUT2D eigenvalue weighted by Gasteiger charge is 2.52. The SMILES string of the molecule is COc1cncc(OC2CCN(C(=O)CC34CC5CC(CC(C5)C3)C4)C2)n1. The lowest BCUT2D eigenvalue weighted by Gasteiger charge is -2.56. The van der Waals surface area contributed by atoms with Crippen LogP contribution in [0, 0.1) is 23.2 Å². The number of carbonyl (C=O) groups is 1.